The lowest BCUT2D eigenvalue weighted by atomic mass is 9.97. The summed E-state index contributed by atoms with van der Waals surface area (Å²) < 4.78 is 11.6. The van der Waals surface area contributed by atoms with Gasteiger partial charge in [0.2, 0.25) is 5.91 Å². The predicted octanol–water partition coefficient (Wildman–Crippen LogP) is 3.25. The van der Waals surface area contributed by atoms with Crippen molar-refractivity contribution in [2.45, 2.75) is 37.0 Å². The van der Waals surface area contributed by atoms with Crippen LogP contribution in [0.15, 0.2) is 40.8 Å². The summed E-state index contributed by atoms with van der Waals surface area (Å²) in [6.45, 7) is 0. The molecule has 0 fully saturated rings. The van der Waals surface area contributed by atoms with Gasteiger partial charge in [-0.1, -0.05) is 23.8 Å². The lowest BCUT2D eigenvalue weighted by molar-refractivity contribution is -0.115. The van der Waals surface area contributed by atoms with Gasteiger partial charge in [-0.2, -0.15) is 0 Å². The molecule has 2 rings (SSSR count). The summed E-state index contributed by atoms with van der Waals surface area (Å²) >= 11 is 0. The molecule has 1 amide bonds. The van der Waals surface area contributed by atoms with Crippen LogP contribution in [0.1, 0.15) is 32.1 Å². The van der Waals surface area contributed by atoms with Crippen molar-refractivity contribution in [3.8, 4) is 0 Å². The number of carbonyl (C=O) groups is 1. The minimum Gasteiger partial charge on any atom is -0.325 e. The van der Waals surface area contributed by atoms with E-state index in [1.54, 1.807) is 18.4 Å². The lowest BCUT2D eigenvalue weighted by Gasteiger charge is -2.13. The maximum absolute atomic E-state index is 12.0. The van der Waals surface area contributed by atoms with Gasteiger partial charge >= 0.3 is 0 Å². The Bertz CT molecular complexity index is 523. The minimum absolute atomic E-state index is 0.0222. The summed E-state index contributed by atoms with van der Waals surface area (Å²) in [4.78, 5) is 12.7. The Morgan fingerprint density at radius 2 is 2.11 bits per heavy atom. The van der Waals surface area contributed by atoms with Crippen molar-refractivity contribution in [1.82, 2.24) is 0 Å². The molecule has 1 aromatic carbocycles. The fourth-order valence-corrected chi connectivity index (χ4v) is 2.99. The summed E-state index contributed by atoms with van der Waals surface area (Å²) in [5.41, 5.74) is 1.88. The number of benzene rings is 1. The van der Waals surface area contributed by atoms with Crippen LogP contribution >= 0.6 is 0 Å². The minimum atomic E-state index is -1.09. The molecule has 0 aliphatic heterocycles. The van der Waals surface area contributed by atoms with Crippen LogP contribution in [0.2, 0.25) is 0 Å². The van der Waals surface area contributed by atoms with Crippen LogP contribution in [0.5, 0.6) is 0 Å². The predicted molar refractivity (Wildman–Crippen MR) is 78.6 cm³/mol. The monoisotopic (exact) mass is 277 g/mol. The zero-order valence-electron chi connectivity index (χ0n) is 11.1. The molecule has 1 unspecified atom stereocenters. The molecule has 1 aliphatic rings. The molecule has 4 heteroatoms. The van der Waals surface area contributed by atoms with Gasteiger partial charge in [-0.05, 0) is 37.8 Å². The summed E-state index contributed by atoms with van der Waals surface area (Å²) in [5, 5.41) is 2.87. The van der Waals surface area contributed by atoms with Gasteiger partial charge in [0.1, 0.15) is 0 Å². The molecule has 0 bridgehead atoms. The van der Waals surface area contributed by atoms with Crippen molar-refractivity contribution in [1.29, 1.82) is 0 Å². The molecular formula is C15H19NO2S. The molecule has 0 spiro atoms. The van der Waals surface area contributed by atoms with Crippen molar-refractivity contribution >= 4 is 22.4 Å². The number of allylic oxidation sites excluding steroid dienone is 1. The van der Waals surface area contributed by atoms with Crippen LogP contribution in [0.4, 0.5) is 5.69 Å². The van der Waals surface area contributed by atoms with Gasteiger partial charge in [0.25, 0.3) is 0 Å². The van der Waals surface area contributed by atoms with E-state index < -0.39 is 10.8 Å². The summed E-state index contributed by atoms with van der Waals surface area (Å²) in [5.74, 6) is -0.0222. The molecular weight excluding hydrogens is 258 g/mol. The maximum atomic E-state index is 12.0. The third kappa shape index (κ3) is 4.03. The summed E-state index contributed by atoms with van der Waals surface area (Å²) in [6.07, 6.45) is 8.75. The van der Waals surface area contributed by atoms with Gasteiger partial charge in [-0.25, -0.2) is 0 Å². The van der Waals surface area contributed by atoms with E-state index >= 15 is 0 Å². The largest absolute Gasteiger partial charge is 0.325 e. The van der Waals surface area contributed by atoms with Gasteiger partial charge in [0.05, 0.1) is 21.4 Å². The van der Waals surface area contributed by atoms with Gasteiger partial charge in [-0.15, -0.1) is 0 Å². The zero-order chi connectivity index (χ0) is 13.7. The molecule has 0 aromatic heterocycles. The maximum Gasteiger partial charge on any atom is 0.228 e. The number of rotatable bonds is 4. The zero-order valence-corrected chi connectivity index (χ0v) is 12.0. The number of hydrogen-bond donors (Lipinski definition) is 1. The number of anilines is 1. The van der Waals surface area contributed by atoms with E-state index in [1.807, 2.05) is 12.1 Å². The third-order valence-electron chi connectivity index (χ3n) is 3.24. The Morgan fingerprint density at radius 1 is 1.32 bits per heavy atom. The van der Waals surface area contributed by atoms with E-state index in [0.717, 1.165) is 12.8 Å². The number of amides is 1. The molecule has 19 heavy (non-hydrogen) atoms. The molecule has 1 N–H and O–H groups in total. The fourth-order valence-electron chi connectivity index (χ4n) is 2.29. The molecule has 1 aromatic rings. The highest BCUT2D eigenvalue weighted by Crippen LogP contribution is 2.22. The van der Waals surface area contributed by atoms with Crippen LogP contribution in [0.25, 0.3) is 0 Å². The highest BCUT2D eigenvalue weighted by atomic mass is 32.2. The summed E-state index contributed by atoms with van der Waals surface area (Å²) in [7, 11) is -1.09. The van der Waals surface area contributed by atoms with Crippen LogP contribution in [0.3, 0.4) is 0 Å². The molecule has 0 saturated heterocycles. The fraction of sp³-hybridized carbons (Fsp3) is 0.400. The van der Waals surface area contributed by atoms with E-state index in [0.29, 0.717) is 17.0 Å². The van der Waals surface area contributed by atoms with E-state index in [1.165, 1.54) is 18.4 Å². The van der Waals surface area contributed by atoms with Crippen molar-refractivity contribution in [2.75, 3.05) is 11.6 Å². The first-order chi connectivity index (χ1) is 9.16. The second-order valence-corrected chi connectivity index (χ2v) is 6.13. The Labute approximate surface area is 116 Å². The number of nitrogens with one attached hydrogen (secondary N) is 1. The quantitative estimate of drug-likeness (QED) is 0.859. The first kappa shape index (κ1) is 14.0. The van der Waals surface area contributed by atoms with Crippen molar-refractivity contribution in [2.24, 2.45) is 0 Å². The SMILES string of the molecule is CS(=O)c1ccccc1NC(=O)CC1=CCCCC1. The number of hydrogen-bond acceptors (Lipinski definition) is 2. The first-order valence-corrected chi connectivity index (χ1v) is 8.13. The molecule has 1 aliphatic carbocycles. The standard InChI is InChI=1S/C15H19NO2S/c1-19(18)14-10-6-5-9-13(14)16-15(17)11-12-7-3-2-4-8-12/h5-7,9-10H,2-4,8,11H2,1H3,(H,16,17). The normalized spacial score (nSPS) is 16.6. The molecule has 0 radical (unpaired) electrons. The topological polar surface area (TPSA) is 46.2 Å². The smallest absolute Gasteiger partial charge is 0.228 e. The van der Waals surface area contributed by atoms with Crippen LogP contribution in [0, 0.1) is 0 Å². The average Bonchev–Trinajstić information content (AvgIpc) is 2.40. The van der Waals surface area contributed by atoms with Gasteiger partial charge in [-0.3, -0.25) is 9.00 Å². The van der Waals surface area contributed by atoms with Crippen LogP contribution < -0.4 is 5.32 Å². The molecule has 102 valence electrons. The van der Waals surface area contributed by atoms with E-state index in [4.69, 9.17) is 0 Å². The van der Waals surface area contributed by atoms with Crippen molar-refractivity contribution in [3.63, 3.8) is 0 Å². The molecule has 0 heterocycles. The van der Waals surface area contributed by atoms with E-state index in [-0.39, 0.29) is 5.91 Å². The Balaban J connectivity index is 2.02. The second-order valence-electron chi connectivity index (χ2n) is 4.78. The Hall–Kier alpha value is -1.42. The highest BCUT2D eigenvalue weighted by molar-refractivity contribution is 7.84. The van der Waals surface area contributed by atoms with Crippen LogP contribution in [-0.2, 0) is 15.6 Å². The number of carbonyl (C=O) groups excluding carboxylic acids is 1. The lowest BCUT2D eigenvalue weighted by Crippen LogP contribution is -2.14. The first-order valence-electron chi connectivity index (χ1n) is 6.57. The van der Waals surface area contributed by atoms with Crippen molar-refractivity contribution in [3.05, 3.63) is 35.9 Å². The third-order valence-corrected chi connectivity index (χ3v) is 4.22. The van der Waals surface area contributed by atoms with E-state index in [2.05, 4.69) is 11.4 Å². The summed E-state index contributed by atoms with van der Waals surface area (Å²) in [6, 6.07) is 7.25. The van der Waals surface area contributed by atoms with Gasteiger partial charge in [0.15, 0.2) is 0 Å². The highest BCUT2D eigenvalue weighted by Gasteiger charge is 2.12. The van der Waals surface area contributed by atoms with Crippen molar-refractivity contribution < 1.29 is 9.00 Å². The Kier molecular flexibility index (Phi) is 4.91. The van der Waals surface area contributed by atoms with E-state index in [9.17, 15) is 9.00 Å². The average molecular weight is 277 g/mol. The van der Waals surface area contributed by atoms with Gasteiger partial charge in [0, 0.05) is 12.7 Å². The van der Waals surface area contributed by atoms with Gasteiger partial charge < -0.3 is 5.32 Å². The van der Waals surface area contributed by atoms with Crippen LogP contribution in [-0.4, -0.2) is 16.4 Å². The molecule has 0 saturated carbocycles. The second kappa shape index (κ2) is 6.66. The molecule has 3 nitrogen and oxygen atoms in total. The number of para-hydroxylation sites is 1. The Morgan fingerprint density at radius 3 is 2.79 bits per heavy atom. The molecule has 1 atom stereocenters.